The molecule has 1 aliphatic heterocycles. The molecular formula is C17H16F3N3O2. The fourth-order valence-corrected chi connectivity index (χ4v) is 3.15. The topological polar surface area (TPSA) is 55.3 Å². The minimum atomic E-state index is -4.76. The van der Waals surface area contributed by atoms with Gasteiger partial charge in [0.2, 0.25) is 5.95 Å². The summed E-state index contributed by atoms with van der Waals surface area (Å²) in [5.41, 5.74) is 1.60. The van der Waals surface area contributed by atoms with E-state index >= 15 is 0 Å². The number of fused-ring (bicyclic) bond motifs is 1. The Kier molecular flexibility index (Phi) is 4.36. The van der Waals surface area contributed by atoms with Crippen LogP contribution in [0.1, 0.15) is 22.6 Å². The number of nitrogens with zero attached hydrogens (tertiary/aromatic N) is 3. The average molecular weight is 351 g/mol. The summed E-state index contributed by atoms with van der Waals surface area (Å²) < 4.78 is 45.3. The zero-order chi connectivity index (χ0) is 18.2. The second kappa shape index (κ2) is 6.34. The smallest absolute Gasteiger partial charge is 0.406 e. The van der Waals surface area contributed by atoms with Gasteiger partial charge in [0.15, 0.2) is 5.92 Å². The van der Waals surface area contributed by atoms with Gasteiger partial charge in [0.25, 0.3) is 0 Å². The van der Waals surface area contributed by atoms with E-state index in [-0.39, 0.29) is 5.56 Å². The van der Waals surface area contributed by atoms with E-state index in [4.69, 9.17) is 0 Å². The predicted molar refractivity (Wildman–Crippen MR) is 84.7 cm³/mol. The summed E-state index contributed by atoms with van der Waals surface area (Å²) >= 11 is 0. The second-order valence-corrected chi connectivity index (χ2v) is 5.81. The molecular weight excluding hydrogens is 335 g/mol. The van der Waals surface area contributed by atoms with Crippen LogP contribution in [0.2, 0.25) is 0 Å². The van der Waals surface area contributed by atoms with Gasteiger partial charge in [-0.15, -0.1) is 0 Å². The molecule has 0 aliphatic carbocycles. The van der Waals surface area contributed by atoms with Gasteiger partial charge in [0.1, 0.15) is 0 Å². The van der Waals surface area contributed by atoms with Crippen molar-refractivity contribution in [3.05, 3.63) is 47.3 Å². The summed E-state index contributed by atoms with van der Waals surface area (Å²) in [6, 6.07) is 4.84. The van der Waals surface area contributed by atoms with Crippen LogP contribution in [0.15, 0.2) is 30.6 Å². The van der Waals surface area contributed by atoms with Gasteiger partial charge in [0.05, 0.1) is 12.8 Å². The Labute approximate surface area is 142 Å². The summed E-state index contributed by atoms with van der Waals surface area (Å²) in [6.45, 7) is 2.15. The summed E-state index contributed by atoms with van der Waals surface area (Å²) in [6.07, 6.45) is -1.17. The van der Waals surface area contributed by atoms with Gasteiger partial charge >= 0.3 is 12.1 Å². The third-order valence-electron chi connectivity index (χ3n) is 4.11. The van der Waals surface area contributed by atoms with E-state index in [1.165, 1.54) is 18.5 Å². The molecule has 1 atom stereocenters. The molecule has 3 rings (SSSR count). The van der Waals surface area contributed by atoms with E-state index in [9.17, 15) is 18.0 Å². The van der Waals surface area contributed by atoms with Crippen LogP contribution in [0.25, 0.3) is 0 Å². The van der Waals surface area contributed by atoms with Crippen molar-refractivity contribution in [1.29, 1.82) is 0 Å². The van der Waals surface area contributed by atoms with Gasteiger partial charge in [-0.3, -0.25) is 4.79 Å². The van der Waals surface area contributed by atoms with Crippen molar-refractivity contribution >= 4 is 17.6 Å². The van der Waals surface area contributed by atoms with E-state index in [0.29, 0.717) is 30.2 Å². The second-order valence-electron chi connectivity index (χ2n) is 5.81. The molecule has 132 valence electrons. The molecule has 0 bridgehead atoms. The molecule has 1 aliphatic rings. The number of anilines is 2. The van der Waals surface area contributed by atoms with Crippen molar-refractivity contribution in [1.82, 2.24) is 9.97 Å². The van der Waals surface area contributed by atoms with Gasteiger partial charge in [-0.2, -0.15) is 13.2 Å². The molecule has 2 heterocycles. The Morgan fingerprint density at radius 1 is 1.28 bits per heavy atom. The molecule has 0 saturated heterocycles. The van der Waals surface area contributed by atoms with E-state index < -0.39 is 18.1 Å². The van der Waals surface area contributed by atoms with Gasteiger partial charge in [0, 0.05) is 18.9 Å². The SMILES string of the molecule is COC(=O)C(c1cc(C)cc2c1N(c1ncccn1)CC2)C(F)(F)F. The van der Waals surface area contributed by atoms with Crippen molar-refractivity contribution in [2.24, 2.45) is 0 Å². The number of ether oxygens (including phenoxy) is 1. The lowest BCUT2D eigenvalue weighted by molar-refractivity contribution is -0.179. The van der Waals surface area contributed by atoms with Crippen LogP contribution in [0.5, 0.6) is 0 Å². The molecule has 0 saturated carbocycles. The standard InChI is InChI=1S/C17H16F3N3O2/c1-10-8-11-4-7-23(16-21-5-3-6-22-16)14(11)12(9-10)13(15(24)25-2)17(18,19)20/h3,5-6,8-9,13H,4,7H2,1-2H3. The first kappa shape index (κ1) is 17.2. The minimum Gasteiger partial charge on any atom is -0.468 e. The van der Waals surface area contributed by atoms with Crippen LogP contribution in [0.4, 0.5) is 24.8 Å². The fourth-order valence-electron chi connectivity index (χ4n) is 3.15. The Morgan fingerprint density at radius 3 is 2.56 bits per heavy atom. The van der Waals surface area contributed by atoms with E-state index in [1.807, 2.05) is 6.07 Å². The van der Waals surface area contributed by atoms with Crippen LogP contribution in [-0.2, 0) is 16.0 Å². The largest absolute Gasteiger partial charge is 0.468 e. The zero-order valence-electron chi connectivity index (χ0n) is 13.7. The van der Waals surface area contributed by atoms with Gasteiger partial charge < -0.3 is 9.64 Å². The number of carbonyl (C=O) groups is 1. The van der Waals surface area contributed by atoms with Crippen molar-refractivity contribution in [2.75, 3.05) is 18.6 Å². The number of methoxy groups -OCH3 is 1. The molecule has 1 aromatic carbocycles. The predicted octanol–water partition coefficient (Wildman–Crippen LogP) is 3.30. The molecule has 0 amide bonds. The normalized spacial score (nSPS) is 15.0. The molecule has 0 N–H and O–H groups in total. The van der Waals surface area contributed by atoms with Gasteiger partial charge in [-0.25, -0.2) is 9.97 Å². The molecule has 2 aromatic rings. The molecule has 1 aromatic heterocycles. The highest BCUT2D eigenvalue weighted by Crippen LogP contribution is 2.45. The molecule has 0 spiro atoms. The Hall–Kier alpha value is -2.64. The van der Waals surface area contributed by atoms with Crippen LogP contribution >= 0.6 is 0 Å². The number of carbonyl (C=O) groups excluding carboxylic acids is 1. The highest BCUT2D eigenvalue weighted by atomic mass is 19.4. The Bertz CT molecular complexity index is 794. The summed E-state index contributed by atoms with van der Waals surface area (Å²) in [5, 5.41) is 0. The van der Waals surface area contributed by atoms with E-state index in [0.717, 1.165) is 12.7 Å². The monoisotopic (exact) mass is 351 g/mol. The lowest BCUT2D eigenvalue weighted by Gasteiger charge is -2.25. The molecule has 0 fully saturated rings. The number of halogens is 3. The lowest BCUT2D eigenvalue weighted by atomic mass is 9.92. The highest BCUT2D eigenvalue weighted by Gasteiger charge is 2.49. The number of aryl methyl sites for hydroxylation is 1. The number of hydrogen-bond acceptors (Lipinski definition) is 5. The first-order valence-electron chi connectivity index (χ1n) is 7.65. The first-order valence-corrected chi connectivity index (χ1v) is 7.65. The molecule has 5 nitrogen and oxygen atoms in total. The van der Waals surface area contributed by atoms with Crippen LogP contribution in [-0.4, -0.2) is 35.8 Å². The minimum absolute atomic E-state index is 0.126. The van der Waals surface area contributed by atoms with Crippen molar-refractivity contribution < 1.29 is 22.7 Å². The van der Waals surface area contributed by atoms with Crippen molar-refractivity contribution in [3.8, 4) is 0 Å². The van der Waals surface area contributed by atoms with E-state index in [1.54, 1.807) is 17.9 Å². The van der Waals surface area contributed by atoms with Crippen molar-refractivity contribution in [3.63, 3.8) is 0 Å². The third kappa shape index (κ3) is 3.16. The fraction of sp³-hybridized carbons (Fsp3) is 0.353. The number of hydrogen-bond donors (Lipinski definition) is 0. The number of esters is 1. The van der Waals surface area contributed by atoms with Crippen LogP contribution in [0, 0.1) is 6.92 Å². The molecule has 0 radical (unpaired) electrons. The number of benzene rings is 1. The maximum absolute atomic E-state index is 13.6. The first-order chi connectivity index (χ1) is 11.8. The van der Waals surface area contributed by atoms with Gasteiger partial charge in [-0.05, 0) is 30.5 Å². The summed E-state index contributed by atoms with van der Waals surface area (Å²) in [5.74, 6) is -3.38. The lowest BCUT2D eigenvalue weighted by Crippen LogP contribution is -2.31. The van der Waals surface area contributed by atoms with E-state index in [2.05, 4.69) is 14.7 Å². The quantitative estimate of drug-likeness (QED) is 0.794. The maximum Gasteiger partial charge on any atom is 0.406 e. The van der Waals surface area contributed by atoms with Crippen LogP contribution < -0.4 is 4.90 Å². The van der Waals surface area contributed by atoms with Gasteiger partial charge in [-0.1, -0.05) is 17.7 Å². The molecule has 25 heavy (non-hydrogen) atoms. The van der Waals surface area contributed by atoms with Crippen molar-refractivity contribution in [2.45, 2.75) is 25.4 Å². The Balaban J connectivity index is 2.20. The molecule has 1 unspecified atom stereocenters. The number of alkyl halides is 3. The Morgan fingerprint density at radius 2 is 1.96 bits per heavy atom. The third-order valence-corrected chi connectivity index (χ3v) is 4.11. The number of aromatic nitrogens is 2. The summed E-state index contributed by atoms with van der Waals surface area (Å²) in [4.78, 5) is 21.8. The average Bonchev–Trinajstić information content (AvgIpc) is 2.98. The number of rotatable bonds is 3. The van der Waals surface area contributed by atoms with Crippen LogP contribution in [0.3, 0.4) is 0 Å². The summed E-state index contributed by atoms with van der Waals surface area (Å²) in [7, 11) is 0.954. The zero-order valence-corrected chi connectivity index (χ0v) is 13.7. The maximum atomic E-state index is 13.6. The molecule has 8 heteroatoms. The highest BCUT2D eigenvalue weighted by molar-refractivity contribution is 5.84.